The van der Waals surface area contributed by atoms with Crippen LogP contribution in [0.3, 0.4) is 0 Å². The summed E-state index contributed by atoms with van der Waals surface area (Å²) in [4.78, 5) is 37.6. The highest BCUT2D eigenvalue weighted by Crippen LogP contribution is 2.25. The minimum absolute atomic E-state index is 0.00880. The number of nitrogens with zero attached hydrogens (tertiary/aromatic N) is 4. The SMILES string of the molecule is CC1CN(c2ncnc3[nH]c(C(=O)O)cc23)CC(=O)N1C. The van der Waals surface area contributed by atoms with Gasteiger partial charge in [-0.15, -0.1) is 0 Å². The summed E-state index contributed by atoms with van der Waals surface area (Å²) < 4.78 is 0. The van der Waals surface area contributed by atoms with Crippen molar-refractivity contribution in [3.05, 3.63) is 18.1 Å². The Balaban J connectivity index is 2.04. The van der Waals surface area contributed by atoms with Crippen LogP contribution in [0, 0.1) is 0 Å². The third-order valence-corrected chi connectivity index (χ3v) is 3.80. The Bertz CT molecular complexity index is 726. The molecule has 1 aliphatic rings. The average molecular weight is 289 g/mol. The van der Waals surface area contributed by atoms with Crippen molar-refractivity contribution < 1.29 is 14.7 Å². The molecule has 0 bridgehead atoms. The number of hydrogen-bond acceptors (Lipinski definition) is 5. The van der Waals surface area contributed by atoms with Crippen molar-refractivity contribution in [3.63, 3.8) is 0 Å². The molecule has 3 heterocycles. The summed E-state index contributed by atoms with van der Waals surface area (Å²) in [6.07, 6.45) is 1.37. The van der Waals surface area contributed by atoms with Crippen molar-refractivity contribution in [2.75, 3.05) is 25.0 Å². The van der Waals surface area contributed by atoms with Gasteiger partial charge in [0.05, 0.1) is 11.9 Å². The number of likely N-dealkylation sites (N-methyl/N-ethyl adjacent to an activating group) is 1. The highest BCUT2D eigenvalue weighted by molar-refractivity contribution is 5.97. The number of amides is 1. The van der Waals surface area contributed by atoms with Crippen molar-refractivity contribution >= 4 is 28.7 Å². The lowest BCUT2D eigenvalue weighted by atomic mass is 10.2. The van der Waals surface area contributed by atoms with Crippen LogP contribution in [0.2, 0.25) is 0 Å². The molecular formula is C13H15N5O3. The maximum atomic E-state index is 12.0. The minimum atomic E-state index is -1.05. The first-order valence-electron chi connectivity index (χ1n) is 6.55. The van der Waals surface area contributed by atoms with E-state index in [1.54, 1.807) is 11.9 Å². The number of hydrogen-bond donors (Lipinski definition) is 2. The number of carboxylic acids is 1. The van der Waals surface area contributed by atoms with Gasteiger partial charge < -0.3 is 19.9 Å². The molecule has 1 fully saturated rings. The first-order chi connectivity index (χ1) is 9.97. The van der Waals surface area contributed by atoms with E-state index in [1.807, 2.05) is 11.8 Å². The van der Waals surface area contributed by atoms with Gasteiger partial charge in [-0.05, 0) is 13.0 Å². The monoisotopic (exact) mass is 289 g/mol. The Kier molecular flexibility index (Phi) is 3.00. The third-order valence-electron chi connectivity index (χ3n) is 3.80. The summed E-state index contributed by atoms with van der Waals surface area (Å²) in [5, 5.41) is 9.66. The summed E-state index contributed by atoms with van der Waals surface area (Å²) >= 11 is 0. The van der Waals surface area contributed by atoms with Gasteiger partial charge in [0, 0.05) is 19.6 Å². The van der Waals surface area contributed by atoms with Crippen molar-refractivity contribution in [2.24, 2.45) is 0 Å². The number of nitrogens with one attached hydrogen (secondary N) is 1. The first kappa shape index (κ1) is 13.3. The summed E-state index contributed by atoms with van der Waals surface area (Å²) in [6, 6.07) is 1.56. The highest BCUT2D eigenvalue weighted by atomic mass is 16.4. The molecule has 1 saturated heterocycles. The fourth-order valence-electron chi connectivity index (χ4n) is 2.48. The van der Waals surface area contributed by atoms with Gasteiger partial charge in [0.2, 0.25) is 5.91 Å². The molecule has 8 heteroatoms. The lowest BCUT2D eigenvalue weighted by Gasteiger charge is -2.37. The zero-order chi connectivity index (χ0) is 15.1. The first-order valence-corrected chi connectivity index (χ1v) is 6.55. The average Bonchev–Trinajstić information content (AvgIpc) is 2.88. The summed E-state index contributed by atoms with van der Waals surface area (Å²) in [6.45, 7) is 2.82. The number of fused-ring (bicyclic) bond motifs is 1. The van der Waals surface area contributed by atoms with E-state index in [-0.39, 0.29) is 24.2 Å². The molecule has 110 valence electrons. The van der Waals surface area contributed by atoms with E-state index in [0.717, 1.165) is 0 Å². The largest absolute Gasteiger partial charge is 0.477 e. The van der Waals surface area contributed by atoms with Gasteiger partial charge in [0.1, 0.15) is 23.5 Å². The van der Waals surface area contributed by atoms with Gasteiger partial charge in [-0.1, -0.05) is 0 Å². The fourth-order valence-corrected chi connectivity index (χ4v) is 2.48. The van der Waals surface area contributed by atoms with Crippen molar-refractivity contribution in [2.45, 2.75) is 13.0 Å². The Morgan fingerprint density at radius 2 is 2.24 bits per heavy atom. The number of rotatable bonds is 2. The number of carbonyl (C=O) groups is 2. The second-order valence-electron chi connectivity index (χ2n) is 5.18. The van der Waals surface area contributed by atoms with Crippen LogP contribution >= 0.6 is 0 Å². The molecule has 2 aromatic heterocycles. The number of carboxylic acid groups (broad SMARTS) is 1. The molecule has 2 N–H and O–H groups in total. The molecule has 1 aliphatic heterocycles. The van der Waals surface area contributed by atoms with E-state index in [2.05, 4.69) is 15.0 Å². The number of aromatic amines is 1. The normalized spacial score (nSPS) is 19.3. The lowest BCUT2D eigenvalue weighted by molar-refractivity contribution is -0.131. The standard InChI is InChI=1S/C13H15N5O3/c1-7-4-18(5-10(19)17(7)2)12-8-3-9(13(20)21)16-11(8)14-6-15-12/h3,6-7H,4-5H2,1-2H3,(H,20,21)(H,14,15,16). The molecule has 3 rings (SSSR count). The molecule has 21 heavy (non-hydrogen) atoms. The molecule has 8 nitrogen and oxygen atoms in total. The van der Waals surface area contributed by atoms with Crippen LogP contribution in [-0.4, -0.2) is 63.0 Å². The molecule has 1 amide bonds. The quantitative estimate of drug-likeness (QED) is 0.825. The second-order valence-corrected chi connectivity index (χ2v) is 5.18. The van der Waals surface area contributed by atoms with E-state index >= 15 is 0 Å². The van der Waals surface area contributed by atoms with Crippen LogP contribution in [0.25, 0.3) is 11.0 Å². The van der Waals surface area contributed by atoms with Gasteiger partial charge in [-0.3, -0.25) is 4.79 Å². The van der Waals surface area contributed by atoms with E-state index in [9.17, 15) is 9.59 Å². The predicted octanol–water partition coefficient (Wildman–Crippen LogP) is 0.323. The Morgan fingerprint density at radius 3 is 2.90 bits per heavy atom. The predicted molar refractivity (Wildman–Crippen MR) is 75.3 cm³/mol. The van der Waals surface area contributed by atoms with E-state index in [0.29, 0.717) is 23.4 Å². The van der Waals surface area contributed by atoms with Crippen LogP contribution in [0.1, 0.15) is 17.4 Å². The molecule has 2 aromatic rings. The smallest absolute Gasteiger partial charge is 0.352 e. The Morgan fingerprint density at radius 1 is 1.48 bits per heavy atom. The topological polar surface area (TPSA) is 102 Å². The van der Waals surface area contributed by atoms with E-state index in [1.165, 1.54) is 12.4 Å². The fraction of sp³-hybridized carbons (Fsp3) is 0.385. The van der Waals surface area contributed by atoms with Gasteiger partial charge in [-0.25, -0.2) is 14.8 Å². The number of carbonyl (C=O) groups excluding carboxylic acids is 1. The van der Waals surface area contributed by atoms with Crippen LogP contribution in [0.15, 0.2) is 12.4 Å². The van der Waals surface area contributed by atoms with Crippen LogP contribution < -0.4 is 4.90 Å². The summed E-state index contributed by atoms with van der Waals surface area (Å²) in [5.74, 6) is -0.465. The van der Waals surface area contributed by atoms with Gasteiger partial charge in [0.15, 0.2) is 0 Å². The van der Waals surface area contributed by atoms with Crippen molar-refractivity contribution in [1.82, 2.24) is 19.9 Å². The Hall–Kier alpha value is -2.64. The molecule has 1 atom stereocenters. The maximum Gasteiger partial charge on any atom is 0.352 e. The molecule has 0 spiro atoms. The second kappa shape index (κ2) is 4.72. The molecule has 1 unspecified atom stereocenters. The zero-order valence-electron chi connectivity index (χ0n) is 11.7. The summed E-state index contributed by atoms with van der Waals surface area (Å²) in [7, 11) is 1.78. The highest BCUT2D eigenvalue weighted by Gasteiger charge is 2.29. The zero-order valence-corrected chi connectivity index (χ0v) is 11.7. The number of aromatic nitrogens is 3. The van der Waals surface area contributed by atoms with Crippen LogP contribution in [-0.2, 0) is 4.79 Å². The number of piperazine rings is 1. The molecule has 0 aromatic carbocycles. The van der Waals surface area contributed by atoms with E-state index in [4.69, 9.17) is 5.11 Å². The van der Waals surface area contributed by atoms with Crippen molar-refractivity contribution in [3.8, 4) is 0 Å². The van der Waals surface area contributed by atoms with Gasteiger partial charge in [-0.2, -0.15) is 0 Å². The Labute approximate surface area is 120 Å². The number of anilines is 1. The lowest BCUT2D eigenvalue weighted by Crippen LogP contribution is -2.54. The van der Waals surface area contributed by atoms with Gasteiger partial charge in [0.25, 0.3) is 0 Å². The van der Waals surface area contributed by atoms with Crippen LogP contribution in [0.5, 0.6) is 0 Å². The molecular weight excluding hydrogens is 274 g/mol. The minimum Gasteiger partial charge on any atom is -0.477 e. The van der Waals surface area contributed by atoms with Crippen LogP contribution in [0.4, 0.5) is 5.82 Å². The third kappa shape index (κ3) is 2.18. The summed E-state index contributed by atoms with van der Waals surface area (Å²) in [5.41, 5.74) is 0.511. The number of H-pyrrole nitrogens is 1. The van der Waals surface area contributed by atoms with Gasteiger partial charge >= 0.3 is 5.97 Å². The molecule has 0 saturated carbocycles. The molecule has 0 aliphatic carbocycles. The van der Waals surface area contributed by atoms with Crippen molar-refractivity contribution in [1.29, 1.82) is 0 Å². The molecule has 0 radical (unpaired) electrons. The van der Waals surface area contributed by atoms with E-state index < -0.39 is 5.97 Å². The maximum absolute atomic E-state index is 12.0. The number of aromatic carboxylic acids is 1.